The molecule has 4 aliphatic rings. The van der Waals surface area contributed by atoms with Crippen LogP contribution in [0.2, 0.25) is 0 Å². The Morgan fingerprint density at radius 2 is 1.45 bits per heavy atom. The molecule has 5 N–H and O–H groups in total. The molecule has 0 aromatic rings. The van der Waals surface area contributed by atoms with Crippen molar-refractivity contribution >= 4 is 35.5 Å². The predicted molar refractivity (Wildman–Crippen MR) is 175 cm³/mol. The minimum absolute atomic E-state index is 0.0617. The lowest BCUT2D eigenvalue weighted by Gasteiger charge is -2.38. The Balaban J connectivity index is 1.51. The summed E-state index contributed by atoms with van der Waals surface area (Å²) >= 11 is 0. The number of carbonyl (C=O) groups is 6. The number of nitrogens with one attached hydrogen (secondary N) is 3. The van der Waals surface area contributed by atoms with E-state index >= 15 is 0 Å². The molecule has 0 aromatic carbocycles. The molecule has 4 rings (SSSR count). The molecule has 1 saturated heterocycles. The van der Waals surface area contributed by atoms with Gasteiger partial charge < -0.3 is 31.3 Å². The Labute approximate surface area is 279 Å². The number of nitrogens with two attached hydrogens (primary N) is 1. The highest BCUT2D eigenvalue weighted by Crippen LogP contribution is 2.65. The molecule has 264 valence electrons. The molecule has 1 heterocycles. The van der Waals surface area contributed by atoms with Crippen LogP contribution in [0.25, 0.3) is 0 Å². The second kappa shape index (κ2) is 13.4. The average Bonchev–Trinajstić information content (AvgIpc) is 3.27. The maximum Gasteiger partial charge on any atom is 0.329 e. The van der Waals surface area contributed by atoms with Gasteiger partial charge in [-0.15, -0.1) is 0 Å². The second-order valence-corrected chi connectivity index (χ2v) is 17.3. The van der Waals surface area contributed by atoms with Gasteiger partial charge in [0.2, 0.25) is 17.6 Å². The number of hydrogen-bond acceptors (Lipinski definition) is 7. The van der Waals surface area contributed by atoms with E-state index in [0.717, 1.165) is 38.5 Å². The summed E-state index contributed by atoms with van der Waals surface area (Å²) in [6.07, 6.45) is 5.76. The Morgan fingerprint density at radius 3 is 1.94 bits per heavy atom. The van der Waals surface area contributed by atoms with Gasteiger partial charge in [0.25, 0.3) is 5.91 Å². The molecule has 2 unspecified atom stereocenters. The van der Waals surface area contributed by atoms with E-state index in [2.05, 4.69) is 36.7 Å². The number of piperidine rings is 1. The quantitative estimate of drug-likeness (QED) is 0.195. The first-order valence-corrected chi connectivity index (χ1v) is 17.4. The summed E-state index contributed by atoms with van der Waals surface area (Å²) in [7, 11) is 0. The zero-order valence-corrected chi connectivity index (χ0v) is 29.7. The number of likely N-dealkylation sites (tertiary alicyclic amines) is 1. The number of urea groups is 1. The third-order valence-electron chi connectivity index (χ3n) is 11.2. The fourth-order valence-electron chi connectivity index (χ4n) is 7.79. The molecule has 47 heavy (non-hydrogen) atoms. The highest BCUT2D eigenvalue weighted by Gasteiger charge is 2.70. The van der Waals surface area contributed by atoms with Crippen LogP contribution in [0.5, 0.6) is 0 Å². The van der Waals surface area contributed by atoms with Crippen LogP contribution >= 0.6 is 0 Å². The minimum atomic E-state index is -1.10. The molecule has 12 nitrogen and oxygen atoms in total. The molecule has 3 aliphatic carbocycles. The average molecular weight is 660 g/mol. The maximum absolute atomic E-state index is 14.3. The van der Waals surface area contributed by atoms with E-state index in [9.17, 15) is 28.8 Å². The van der Waals surface area contributed by atoms with E-state index < -0.39 is 70.5 Å². The van der Waals surface area contributed by atoms with Gasteiger partial charge in [0.05, 0.1) is 6.04 Å². The Kier molecular flexibility index (Phi) is 10.4. The largest absolute Gasteiger partial charge is 0.461 e. The fraction of sp³-hybridized carbons (Fsp3) is 0.829. The van der Waals surface area contributed by atoms with Crippen molar-refractivity contribution in [2.75, 3.05) is 6.54 Å². The van der Waals surface area contributed by atoms with E-state index in [0.29, 0.717) is 13.0 Å². The standard InChI is InChI=1S/C35H57N5O7/c1-18-12-10-15-22(18)47-31(45)27(34(5,6)7)39-32(46)38-26(33(2,3)4)30(44)40-17-20-23(35(20,8)9)24(40)29(43)37-21(25(41)28(36)42)16-19-13-11-14-19/h18-24,26-27H,10-17H2,1-9H3,(H2,36,42)(H,37,43)(H2,38,39,46)/t18-,20+,21?,22?,23+,24+,26-,27-/m1/s1. The van der Waals surface area contributed by atoms with Gasteiger partial charge in [-0.2, -0.15) is 0 Å². The summed E-state index contributed by atoms with van der Waals surface area (Å²) < 4.78 is 5.83. The lowest BCUT2D eigenvalue weighted by molar-refractivity contribution is -0.155. The first-order valence-electron chi connectivity index (χ1n) is 17.4. The molecule has 8 atom stereocenters. The van der Waals surface area contributed by atoms with E-state index in [1.54, 1.807) is 0 Å². The van der Waals surface area contributed by atoms with E-state index in [1.165, 1.54) is 4.90 Å². The number of primary amides is 1. The van der Waals surface area contributed by atoms with Crippen LogP contribution in [0.1, 0.15) is 107 Å². The van der Waals surface area contributed by atoms with Crippen LogP contribution in [-0.4, -0.2) is 77.2 Å². The maximum atomic E-state index is 14.3. The number of nitrogens with zero attached hydrogens (tertiary/aromatic N) is 1. The van der Waals surface area contributed by atoms with Crippen molar-refractivity contribution in [1.29, 1.82) is 0 Å². The SMILES string of the molecule is C[C@@H]1CCCC1OC(=O)[C@@H](NC(=O)N[C@H](C(=O)N1C[C@H]2[C@@H]([C@H]1C(=O)NC(CC1CCC1)C(=O)C(N)=O)C2(C)C)C(C)(C)C)C(C)(C)C. The number of amides is 5. The van der Waals surface area contributed by atoms with E-state index in [1.807, 2.05) is 41.5 Å². The lowest BCUT2D eigenvalue weighted by Crippen LogP contribution is -2.63. The van der Waals surface area contributed by atoms with Crippen LogP contribution < -0.4 is 21.7 Å². The first-order chi connectivity index (χ1) is 21.6. The summed E-state index contributed by atoms with van der Waals surface area (Å²) in [6, 6.07) is -4.62. The molecule has 5 amide bonds. The number of esters is 1. The molecule has 12 heteroatoms. The van der Waals surface area contributed by atoms with Gasteiger partial charge in [-0.1, -0.05) is 81.6 Å². The molecule has 0 aromatic heterocycles. The molecule has 4 fully saturated rings. The van der Waals surface area contributed by atoms with Gasteiger partial charge in [0.1, 0.15) is 24.2 Å². The van der Waals surface area contributed by atoms with E-state index in [-0.39, 0.29) is 35.2 Å². The van der Waals surface area contributed by atoms with Crippen molar-refractivity contribution in [3.8, 4) is 0 Å². The highest BCUT2D eigenvalue weighted by molar-refractivity contribution is 6.37. The highest BCUT2D eigenvalue weighted by atomic mass is 16.5. The monoisotopic (exact) mass is 659 g/mol. The topological polar surface area (TPSA) is 177 Å². The Hall–Kier alpha value is -3.18. The van der Waals surface area contributed by atoms with Crippen molar-refractivity contribution < 1.29 is 33.5 Å². The number of ether oxygens (including phenoxy) is 1. The molecule has 3 saturated carbocycles. The number of ketones is 1. The van der Waals surface area contributed by atoms with Crippen LogP contribution in [-0.2, 0) is 28.7 Å². The summed E-state index contributed by atoms with van der Waals surface area (Å²) in [5, 5.41) is 8.39. The number of fused-ring (bicyclic) bond motifs is 1. The molecule has 0 spiro atoms. The zero-order valence-electron chi connectivity index (χ0n) is 29.7. The summed E-state index contributed by atoms with van der Waals surface area (Å²) in [4.78, 5) is 81.2. The number of rotatable bonds is 11. The lowest BCUT2D eigenvalue weighted by atomic mass is 9.80. The van der Waals surface area contributed by atoms with Gasteiger partial charge >= 0.3 is 12.0 Å². The van der Waals surface area contributed by atoms with Crippen LogP contribution in [0, 0.1) is 39.9 Å². The Bertz CT molecular complexity index is 1260. The van der Waals surface area contributed by atoms with Crippen LogP contribution in [0.3, 0.4) is 0 Å². The molecular formula is C35H57N5O7. The molecule has 0 radical (unpaired) electrons. The normalized spacial score (nSPS) is 28.6. The zero-order chi connectivity index (χ0) is 35.2. The van der Waals surface area contributed by atoms with Gasteiger partial charge in [0.15, 0.2) is 0 Å². The minimum Gasteiger partial charge on any atom is -0.461 e. The van der Waals surface area contributed by atoms with Gasteiger partial charge in [-0.05, 0) is 65.6 Å². The van der Waals surface area contributed by atoms with Gasteiger partial charge in [-0.3, -0.25) is 19.2 Å². The number of hydrogen-bond donors (Lipinski definition) is 4. The van der Waals surface area contributed by atoms with Gasteiger partial charge in [0, 0.05) is 6.54 Å². The molecule has 0 bridgehead atoms. The van der Waals surface area contributed by atoms with Crippen LogP contribution in [0.4, 0.5) is 4.79 Å². The number of Topliss-reactive ketones (excluding diaryl/α,β-unsaturated/α-hetero) is 1. The van der Waals surface area contributed by atoms with Crippen molar-refractivity contribution in [2.24, 2.45) is 45.7 Å². The van der Waals surface area contributed by atoms with Crippen molar-refractivity contribution in [1.82, 2.24) is 20.9 Å². The van der Waals surface area contributed by atoms with Crippen molar-refractivity contribution in [3.63, 3.8) is 0 Å². The predicted octanol–water partition coefficient (Wildman–Crippen LogP) is 3.06. The summed E-state index contributed by atoms with van der Waals surface area (Å²) in [6.45, 7) is 17.5. The molecular weight excluding hydrogens is 602 g/mol. The first kappa shape index (κ1) is 36.7. The molecule has 1 aliphatic heterocycles. The van der Waals surface area contributed by atoms with Gasteiger partial charge in [-0.25, -0.2) is 9.59 Å². The summed E-state index contributed by atoms with van der Waals surface area (Å²) in [5.74, 6) is -2.99. The Morgan fingerprint density at radius 1 is 0.872 bits per heavy atom. The third kappa shape index (κ3) is 7.94. The second-order valence-electron chi connectivity index (χ2n) is 17.3. The fourth-order valence-corrected chi connectivity index (χ4v) is 7.79. The van der Waals surface area contributed by atoms with Crippen LogP contribution in [0.15, 0.2) is 0 Å². The number of carbonyl (C=O) groups excluding carboxylic acids is 6. The smallest absolute Gasteiger partial charge is 0.329 e. The third-order valence-corrected chi connectivity index (χ3v) is 11.2. The van der Waals surface area contributed by atoms with Crippen molar-refractivity contribution in [2.45, 2.75) is 138 Å². The summed E-state index contributed by atoms with van der Waals surface area (Å²) in [5.41, 5.74) is 3.71. The van der Waals surface area contributed by atoms with Crippen molar-refractivity contribution in [3.05, 3.63) is 0 Å². The van der Waals surface area contributed by atoms with E-state index in [4.69, 9.17) is 10.5 Å².